The van der Waals surface area contributed by atoms with E-state index < -0.39 is 0 Å². The third-order valence-electron chi connectivity index (χ3n) is 2.98. The molecule has 0 aromatic heterocycles. The van der Waals surface area contributed by atoms with Gasteiger partial charge in [-0.15, -0.1) is 11.8 Å². The second-order valence-corrected chi connectivity index (χ2v) is 5.57. The maximum Gasteiger partial charge on any atom is 0.136 e. The van der Waals surface area contributed by atoms with E-state index in [4.69, 9.17) is 15.2 Å². The minimum Gasteiger partial charge on any atom is -0.495 e. The lowest BCUT2D eigenvalue weighted by Crippen LogP contribution is -2.04. The molecule has 0 radical (unpaired) electrons. The van der Waals surface area contributed by atoms with E-state index in [0.29, 0.717) is 13.0 Å². The Morgan fingerprint density at radius 2 is 1.75 bits per heavy atom. The normalized spacial score (nSPS) is 10.6. The monoisotopic (exact) mass is 301 g/mol. The maximum atomic E-state index is 12.0. The van der Waals surface area contributed by atoms with Crippen LogP contribution in [0.4, 0.5) is 4.39 Å². The first-order valence-corrected chi connectivity index (χ1v) is 7.89. The lowest BCUT2D eigenvalue weighted by molar-refractivity contribution is 0.375. The smallest absolute Gasteiger partial charge is 0.136 e. The van der Waals surface area contributed by atoms with Crippen LogP contribution in [0.15, 0.2) is 17.0 Å². The summed E-state index contributed by atoms with van der Waals surface area (Å²) >= 11 is 1.70. The van der Waals surface area contributed by atoms with E-state index in [1.165, 1.54) is 0 Å². The minimum atomic E-state index is -0.231. The van der Waals surface area contributed by atoms with Crippen LogP contribution in [0, 0.1) is 0 Å². The zero-order valence-corrected chi connectivity index (χ0v) is 13.1. The van der Waals surface area contributed by atoms with Gasteiger partial charge in [0.1, 0.15) is 11.5 Å². The standard InChI is InChI=1S/C15H24FNO2S/c1-18-13-10-12(6-8-17)11-14(19-2)15(13)20-9-5-3-4-7-16/h10-11H,3-9,17H2,1-2H3. The van der Waals surface area contributed by atoms with Gasteiger partial charge in [0.05, 0.1) is 25.8 Å². The Morgan fingerprint density at radius 3 is 2.25 bits per heavy atom. The predicted octanol–water partition coefficient (Wildman–Crippen LogP) is 3.44. The number of methoxy groups -OCH3 is 2. The Labute approximate surface area is 125 Å². The molecule has 0 aliphatic heterocycles. The second-order valence-electron chi connectivity index (χ2n) is 4.47. The summed E-state index contributed by atoms with van der Waals surface area (Å²) in [5.41, 5.74) is 6.70. The molecule has 0 saturated carbocycles. The highest BCUT2D eigenvalue weighted by atomic mass is 32.2. The summed E-state index contributed by atoms with van der Waals surface area (Å²) in [6.45, 7) is 0.368. The number of nitrogens with two attached hydrogens (primary N) is 1. The highest BCUT2D eigenvalue weighted by Crippen LogP contribution is 2.39. The van der Waals surface area contributed by atoms with E-state index in [1.807, 2.05) is 12.1 Å². The summed E-state index contributed by atoms with van der Waals surface area (Å²) in [5.74, 6) is 2.58. The number of hydrogen-bond donors (Lipinski definition) is 1. The third-order valence-corrected chi connectivity index (χ3v) is 4.16. The molecule has 0 saturated heterocycles. The molecule has 0 aliphatic carbocycles. The Kier molecular flexibility index (Phi) is 8.46. The van der Waals surface area contributed by atoms with Gasteiger partial charge in [0.15, 0.2) is 0 Å². The number of alkyl halides is 1. The molecule has 0 amide bonds. The first-order chi connectivity index (χ1) is 9.76. The molecule has 1 rings (SSSR count). The maximum absolute atomic E-state index is 12.0. The number of halogens is 1. The fourth-order valence-corrected chi connectivity index (χ4v) is 3.06. The molecule has 0 aliphatic rings. The van der Waals surface area contributed by atoms with Crippen molar-refractivity contribution in [3.05, 3.63) is 17.7 Å². The zero-order chi connectivity index (χ0) is 14.8. The van der Waals surface area contributed by atoms with Gasteiger partial charge in [0.2, 0.25) is 0 Å². The molecule has 20 heavy (non-hydrogen) atoms. The van der Waals surface area contributed by atoms with E-state index in [1.54, 1.807) is 26.0 Å². The van der Waals surface area contributed by atoms with Gasteiger partial charge in [-0.2, -0.15) is 0 Å². The van der Waals surface area contributed by atoms with Gasteiger partial charge in [-0.05, 0) is 49.3 Å². The van der Waals surface area contributed by atoms with Gasteiger partial charge in [0.25, 0.3) is 0 Å². The van der Waals surface area contributed by atoms with Crippen LogP contribution in [0.25, 0.3) is 0 Å². The van der Waals surface area contributed by atoms with Crippen LogP contribution < -0.4 is 15.2 Å². The molecule has 1 aromatic rings. The highest BCUT2D eigenvalue weighted by molar-refractivity contribution is 7.99. The van der Waals surface area contributed by atoms with E-state index >= 15 is 0 Å². The van der Waals surface area contributed by atoms with Gasteiger partial charge in [-0.1, -0.05) is 6.42 Å². The summed E-state index contributed by atoms with van der Waals surface area (Å²) in [6.07, 6.45) is 3.35. The lowest BCUT2D eigenvalue weighted by atomic mass is 10.1. The molecule has 5 heteroatoms. The van der Waals surface area contributed by atoms with Crippen LogP contribution in [0.2, 0.25) is 0 Å². The summed E-state index contributed by atoms with van der Waals surface area (Å²) in [7, 11) is 3.32. The molecule has 0 fully saturated rings. The van der Waals surface area contributed by atoms with E-state index in [0.717, 1.165) is 47.0 Å². The predicted molar refractivity (Wildman–Crippen MR) is 82.9 cm³/mol. The molecule has 0 spiro atoms. The average Bonchev–Trinajstić information content (AvgIpc) is 2.47. The molecular formula is C15H24FNO2S. The SMILES string of the molecule is COc1cc(CCN)cc(OC)c1SCCCCCF. The van der Waals surface area contributed by atoms with Crippen LogP contribution in [0.5, 0.6) is 11.5 Å². The number of rotatable bonds is 10. The Balaban J connectivity index is 2.76. The number of hydrogen-bond acceptors (Lipinski definition) is 4. The van der Waals surface area contributed by atoms with Gasteiger partial charge in [-0.3, -0.25) is 4.39 Å². The van der Waals surface area contributed by atoms with E-state index in [2.05, 4.69) is 0 Å². The first-order valence-electron chi connectivity index (χ1n) is 6.90. The van der Waals surface area contributed by atoms with Crippen LogP contribution in [-0.2, 0) is 6.42 Å². The average molecular weight is 301 g/mol. The molecule has 0 unspecified atom stereocenters. The van der Waals surface area contributed by atoms with Gasteiger partial charge in [0, 0.05) is 0 Å². The third kappa shape index (κ3) is 5.21. The van der Waals surface area contributed by atoms with Crippen molar-refractivity contribution in [1.29, 1.82) is 0 Å². The Morgan fingerprint density at radius 1 is 1.10 bits per heavy atom. The first kappa shape index (κ1) is 17.1. The van der Waals surface area contributed by atoms with Crippen LogP contribution in [0.1, 0.15) is 24.8 Å². The van der Waals surface area contributed by atoms with Crippen molar-refractivity contribution < 1.29 is 13.9 Å². The Hall–Kier alpha value is -0.940. The molecule has 114 valence electrons. The van der Waals surface area contributed by atoms with Crippen molar-refractivity contribution in [2.24, 2.45) is 5.73 Å². The van der Waals surface area contributed by atoms with E-state index in [9.17, 15) is 4.39 Å². The van der Waals surface area contributed by atoms with Crippen LogP contribution >= 0.6 is 11.8 Å². The summed E-state index contributed by atoms with van der Waals surface area (Å²) in [6, 6.07) is 4.03. The van der Waals surface area contributed by atoms with Gasteiger partial charge in [-0.25, -0.2) is 0 Å². The molecular weight excluding hydrogens is 277 g/mol. The van der Waals surface area contributed by atoms with Crippen molar-refractivity contribution in [2.75, 3.05) is 33.2 Å². The molecule has 3 nitrogen and oxygen atoms in total. The van der Waals surface area contributed by atoms with E-state index in [-0.39, 0.29) is 6.67 Å². The summed E-state index contributed by atoms with van der Waals surface area (Å²) in [5, 5.41) is 0. The zero-order valence-electron chi connectivity index (χ0n) is 12.3. The summed E-state index contributed by atoms with van der Waals surface area (Å²) < 4.78 is 22.9. The number of thioether (sulfide) groups is 1. The fraction of sp³-hybridized carbons (Fsp3) is 0.600. The summed E-state index contributed by atoms with van der Waals surface area (Å²) in [4.78, 5) is 1.01. The largest absolute Gasteiger partial charge is 0.495 e. The lowest BCUT2D eigenvalue weighted by Gasteiger charge is -2.14. The quantitative estimate of drug-likeness (QED) is 0.531. The van der Waals surface area contributed by atoms with Crippen molar-refractivity contribution in [1.82, 2.24) is 0 Å². The van der Waals surface area contributed by atoms with Crippen molar-refractivity contribution in [2.45, 2.75) is 30.6 Å². The highest BCUT2D eigenvalue weighted by Gasteiger charge is 2.12. The minimum absolute atomic E-state index is 0.231. The van der Waals surface area contributed by atoms with Gasteiger partial charge >= 0.3 is 0 Å². The molecule has 2 N–H and O–H groups in total. The van der Waals surface area contributed by atoms with Gasteiger partial charge < -0.3 is 15.2 Å². The van der Waals surface area contributed by atoms with Crippen LogP contribution in [-0.4, -0.2) is 33.2 Å². The Bertz CT molecular complexity index is 376. The molecule has 1 aromatic carbocycles. The number of benzene rings is 1. The molecule has 0 atom stereocenters. The van der Waals surface area contributed by atoms with Crippen LogP contribution in [0.3, 0.4) is 0 Å². The van der Waals surface area contributed by atoms with Crippen molar-refractivity contribution in [3.63, 3.8) is 0 Å². The number of ether oxygens (including phenoxy) is 2. The molecule has 0 bridgehead atoms. The van der Waals surface area contributed by atoms with Crippen molar-refractivity contribution in [3.8, 4) is 11.5 Å². The molecule has 0 heterocycles. The second kappa shape index (κ2) is 9.88. The topological polar surface area (TPSA) is 44.5 Å². The number of unbranched alkanes of at least 4 members (excludes halogenated alkanes) is 2. The fourth-order valence-electron chi connectivity index (χ4n) is 1.94. The van der Waals surface area contributed by atoms with Crippen molar-refractivity contribution >= 4 is 11.8 Å².